The molecule has 1 aromatic carbocycles. The third-order valence-electron chi connectivity index (χ3n) is 5.12. The largest absolute Gasteiger partial charge is 0.482 e. The third kappa shape index (κ3) is 4.95. The van der Waals surface area contributed by atoms with Crippen LogP contribution in [0.1, 0.15) is 29.7 Å². The highest BCUT2D eigenvalue weighted by molar-refractivity contribution is 5.78. The zero-order valence-corrected chi connectivity index (χ0v) is 16.1. The van der Waals surface area contributed by atoms with Crippen LogP contribution < -0.4 is 4.74 Å². The zero-order valence-electron chi connectivity index (χ0n) is 16.1. The van der Waals surface area contributed by atoms with Crippen LogP contribution in [0, 0.1) is 12.7 Å². The number of aryl methyl sites for hydroxylation is 1. The molecular formula is C22H21FN2O4. The van der Waals surface area contributed by atoms with Crippen molar-refractivity contribution < 1.29 is 23.5 Å². The van der Waals surface area contributed by atoms with Gasteiger partial charge in [-0.3, -0.25) is 9.78 Å². The zero-order chi connectivity index (χ0) is 20.9. The van der Waals surface area contributed by atoms with E-state index >= 15 is 0 Å². The van der Waals surface area contributed by atoms with Crippen LogP contribution in [0.4, 0.5) is 4.39 Å². The monoisotopic (exact) mass is 396 g/mol. The predicted molar refractivity (Wildman–Crippen MR) is 102 cm³/mol. The molecule has 0 aliphatic carbocycles. The molecule has 2 aliphatic heterocycles. The molecule has 0 bridgehead atoms. The molecule has 2 aromatic rings. The van der Waals surface area contributed by atoms with Gasteiger partial charge in [-0.2, -0.15) is 9.59 Å². The number of benzene rings is 1. The quantitative estimate of drug-likeness (QED) is 0.780. The molecule has 1 aromatic heterocycles. The van der Waals surface area contributed by atoms with Crippen LogP contribution in [-0.2, 0) is 20.8 Å². The Morgan fingerprint density at radius 2 is 1.97 bits per heavy atom. The summed E-state index contributed by atoms with van der Waals surface area (Å²) in [6.45, 7) is 3.24. The summed E-state index contributed by atoms with van der Waals surface area (Å²) < 4.78 is 19.6. The molecule has 29 heavy (non-hydrogen) atoms. The standard InChI is InChI=1S/C21H21FN2O2.CO2/c1-15-5-9-23-18(12-15)14-20(25)24-10-7-21(8-11-24)6-4-16-2-3-17(22)13-19(16)26-21;2-1-3/h2-6,9,12-13H,7-8,10-11,14H2,1H3;. The molecule has 0 radical (unpaired) electrons. The Balaban J connectivity index is 0.000000755. The van der Waals surface area contributed by atoms with E-state index in [9.17, 15) is 9.18 Å². The van der Waals surface area contributed by atoms with Crippen LogP contribution in [0.15, 0.2) is 42.6 Å². The van der Waals surface area contributed by atoms with E-state index < -0.39 is 5.60 Å². The van der Waals surface area contributed by atoms with E-state index in [0.29, 0.717) is 38.1 Å². The normalized spacial score (nSPS) is 16.1. The lowest BCUT2D eigenvalue weighted by molar-refractivity contribution is -0.191. The maximum Gasteiger partial charge on any atom is 0.373 e. The fourth-order valence-corrected chi connectivity index (χ4v) is 3.59. The minimum Gasteiger partial charge on any atom is -0.482 e. The Kier molecular flexibility index (Phi) is 6.20. The molecule has 7 heteroatoms. The summed E-state index contributed by atoms with van der Waals surface area (Å²) >= 11 is 0. The Bertz CT molecular complexity index is 959. The van der Waals surface area contributed by atoms with Gasteiger partial charge in [0.05, 0.1) is 6.42 Å². The summed E-state index contributed by atoms with van der Waals surface area (Å²) in [6.07, 6.45) is 7.75. The number of halogens is 1. The van der Waals surface area contributed by atoms with E-state index in [2.05, 4.69) is 11.1 Å². The number of rotatable bonds is 2. The number of hydrogen-bond acceptors (Lipinski definition) is 5. The lowest BCUT2D eigenvalue weighted by Gasteiger charge is -2.42. The fraction of sp³-hybridized carbons (Fsp3) is 0.318. The maximum absolute atomic E-state index is 13.5. The van der Waals surface area contributed by atoms with Crippen LogP contribution in [0.5, 0.6) is 5.75 Å². The average Bonchev–Trinajstić information content (AvgIpc) is 2.69. The number of amides is 1. The van der Waals surface area contributed by atoms with Crippen molar-refractivity contribution in [3.63, 3.8) is 0 Å². The number of aromatic nitrogens is 1. The first kappa shape index (κ1) is 20.4. The van der Waals surface area contributed by atoms with E-state index in [1.807, 2.05) is 30.0 Å². The smallest absolute Gasteiger partial charge is 0.373 e. The highest BCUT2D eigenvalue weighted by Crippen LogP contribution is 2.37. The van der Waals surface area contributed by atoms with Crippen LogP contribution in [-0.4, -0.2) is 40.6 Å². The summed E-state index contributed by atoms with van der Waals surface area (Å²) in [7, 11) is 0. The van der Waals surface area contributed by atoms with Crippen LogP contribution in [0.25, 0.3) is 6.08 Å². The first-order valence-electron chi connectivity index (χ1n) is 9.31. The molecule has 1 saturated heterocycles. The van der Waals surface area contributed by atoms with Crippen molar-refractivity contribution in [2.24, 2.45) is 0 Å². The van der Waals surface area contributed by atoms with Gasteiger partial charge >= 0.3 is 6.15 Å². The molecule has 2 aliphatic rings. The fourth-order valence-electron chi connectivity index (χ4n) is 3.59. The van der Waals surface area contributed by atoms with Crippen LogP contribution in [0.3, 0.4) is 0 Å². The highest BCUT2D eigenvalue weighted by Gasteiger charge is 2.38. The number of carbonyl (C=O) groups excluding carboxylic acids is 3. The van der Waals surface area contributed by atoms with E-state index in [1.165, 1.54) is 12.1 Å². The number of pyridine rings is 1. The highest BCUT2D eigenvalue weighted by atomic mass is 19.1. The van der Waals surface area contributed by atoms with Gasteiger partial charge in [0, 0.05) is 49.5 Å². The summed E-state index contributed by atoms with van der Waals surface area (Å²) in [5, 5.41) is 0. The molecule has 0 unspecified atom stereocenters. The molecular weight excluding hydrogens is 375 g/mol. The third-order valence-corrected chi connectivity index (χ3v) is 5.12. The van der Waals surface area contributed by atoms with Gasteiger partial charge in [0.25, 0.3) is 0 Å². The second kappa shape index (κ2) is 8.80. The van der Waals surface area contributed by atoms with Crippen molar-refractivity contribution in [2.75, 3.05) is 13.1 Å². The summed E-state index contributed by atoms with van der Waals surface area (Å²) in [5.41, 5.74) is 2.35. The minimum atomic E-state index is -0.445. The van der Waals surface area contributed by atoms with E-state index in [1.54, 1.807) is 12.3 Å². The van der Waals surface area contributed by atoms with Gasteiger partial charge in [-0.15, -0.1) is 0 Å². The van der Waals surface area contributed by atoms with Crippen molar-refractivity contribution in [3.8, 4) is 5.75 Å². The molecule has 3 heterocycles. The Labute approximate surface area is 168 Å². The summed E-state index contributed by atoms with van der Waals surface area (Å²) in [4.78, 5) is 35.0. The molecule has 0 atom stereocenters. The van der Waals surface area contributed by atoms with E-state index in [0.717, 1.165) is 16.8 Å². The number of carbonyl (C=O) groups is 1. The second-order valence-electron chi connectivity index (χ2n) is 7.15. The van der Waals surface area contributed by atoms with Crippen molar-refractivity contribution in [3.05, 3.63) is 65.2 Å². The van der Waals surface area contributed by atoms with Gasteiger partial charge in [0.1, 0.15) is 17.2 Å². The number of ether oxygens (including phenoxy) is 1. The van der Waals surface area contributed by atoms with E-state index in [4.69, 9.17) is 14.3 Å². The van der Waals surface area contributed by atoms with Gasteiger partial charge in [-0.1, -0.05) is 6.08 Å². The maximum atomic E-state index is 13.5. The number of fused-ring (bicyclic) bond motifs is 1. The minimum absolute atomic E-state index is 0.0872. The van der Waals surface area contributed by atoms with Gasteiger partial charge < -0.3 is 9.64 Å². The Hall–Kier alpha value is -3.31. The molecule has 1 fully saturated rings. The summed E-state index contributed by atoms with van der Waals surface area (Å²) in [5.74, 6) is 0.368. The number of hydrogen-bond donors (Lipinski definition) is 0. The lowest BCUT2D eigenvalue weighted by Crippen LogP contribution is -2.49. The molecule has 6 nitrogen and oxygen atoms in total. The number of likely N-dealkylation sites (tertiary alicyclic amines) is 1. The number of nitrogens with zero attached hydrogens (tertiary/aromatic N) is 2. The molecule has 1 amide bonds. The van der Waals surface area contributed by atoms with Crippen LogP contribution in [0.2, 0.25) is 0 Å². The van der Waals surface area contributed by atoms with Crippen LogP contribution >= 0.6 is 0 Å². The van der Waals surface area contributed by atoms with E-state index in [-0.39, 0.29) is 17.9 Å². The molecule has 1 spiro atoms. The van der Waals surface area contributed by atoms with Crippen molar-refractivity contribution in [1.29, 1.82) is 0 Å². The Morgan fingerprint density at radius 3 is 2.66 bits per heavy atom. The van der Waals surface area contributed by atoms with Crippen molar-refractivity contribution >= 4 is 18.1 Å². The van der Waals surface area contributed by atoms with Crippen molar-refractivity contribution in [2.45, 2.75) is 31.8 Å². The summed E-state index contributed by atoms with van der Waals surface area (Å²) in [6, 6.07) is 8.46. The van der Waals surface area contributed by atoms with Gasteiger partial charge in [-0.25, -0.2) is 4.39 Å². The average molecular weight is 396 g/mol. The first-order valence-corrected chi connectivity index (χ1v) is 9.31. The van der Waals surface area contributed by atoms with Gasteiger partial charge in [-0.05, 0) is 42.8 Å². The van der Waals surface area contributed by atoms with Gasteiger partial charge in [0.15, 0.2) is 0 Å². The molecule has 4 rings (SSSR count). The topological polar surface area (TPSA) is 76.6 Å². The lowest BCUT2D eigenvalue weighted by atomic mass is 9.88. The predicted octanol–water partition coefficient (Wildman–Crippen LogP) is 2.96. The van der Waals surface area contributed by atoms with Crippen molar-refractivity contribution in [1.82, 2.24) is 9.88 Å². The van der Waals surface area contributed by atoms with Gasteiger partial charge in [0.2, 0.25) is 5.91 Å². The molecule has 0 N–H and O–H groups in total. The molecule has 0 saturated carbocycles. The number of piperidine rings is 1. The first-order chi connectivity index (χ1) is 13.9. The second-order valence-corrected chi connectivity index (χ2v) is 7.15. The Morgan fingerprint density at radius 1 is 1.24 bits per heavy atom. The SMILES string of the molecule is Cc1ccnc(CC(=O)N2CCC3(C=Cc4ccc(F)cc4O3)CC2)c1.O=C=O. The molecule has 150 valence electrons.